The number of aliphatic carboxylic acids is 1. The van der Waals surface area contributed by atoms with Crippen LogP contribution in [-0.4, -0.2) is 34.5 Å². The van der Waals surface area contributed by atoms with Crippen molar-refractivity contribution in [2.24, 2.45) is 45.8 Å². The molecule has 0 aromatic carbocycles. The predicted molar refractivity (Wildman–Crippen MR) is 94.1 cm³/mol. The number of halogens is 1. The van der Waals surface area contributed by atoms with Gasteiger partial charge >= 0.3 is 5.97 Å². The van der Waals surface area contributed by atoms with E-state index in [0.29, 0.717) is 19.3 Å². The normalized spacial score (nSPS) is 53.0. The first-order chi connectivity index (χ1) is 11.7. The van der Waals surface area contributed by atoms with Gasteiger partial charge in [0.2, 0.25) is 0 Å². The van der Waals surface area contributed by atoms with E-state index in [4.69, 9.17) is 11.6 Å². The van der Waals surface area contributed by atoms with E-state index < -0.39 is 22.2 Å². The third-order valence-corrected chi connectivity index (χ3v) is 9.04. The Morgan fingerprint density at radius 2 is 2.12 bits per heavy atom. The molecule has 0 aliphatic heterocycles. The second kappa shape index (κ2) is 5.10. The van der Waals surface area contributed by atoms with Gasteiger partial charge in [-0.25, -0.2) is 0 Å². The maximum atomic E-state index is 12.8. The zero-order valence-corrected chi connectivity index (χ0v) is 15.8. The van der Waals surface area contributed by atoms with Crippen LogP contribution in [0.4, 0.5) is 0 Å². The number of hydrogen-bond acceptors (Lipinski definition) is 3. The summed E-state index contributed by atoms with van der Waals surface area (Å²) in [6.45, 7) is 5.92. The highest BCUT2D eigenvalue weighted by Gasteiger charge is 2.84. The summed E-state index contributed by atoms with van der Waals surface area (Å²) in [5.74, 6) is -0.500. The van der Waals surface area contributed by atoms with Crippen LogP contribution in [0.1, 0.15) is 40.0 Å². The molecule has 4 rings (SSSR count). The van der Waals surface area contributed by atoms with Crippen LogP contribution in [0, 0.1) is 45.8 Å². The van der Waals surface area contributed by atoms with E-state index in [1.165, 1.54) is 0 Å². The summed E-state index contributed by atoms with van der Waals surface area (Å²) in [6, 6.07) is 0. The van der Waals surface area contributed by atoms with Gasteiger partial charge in [0.1, 0.15) is 11.7 Å². The zero-order chi connectivity index (χ0) is 18.4. The topological polar surface area (TPSA) is 74.6 Å². The molecule has 4 nitrogen and oxygen atoms in total. The maximum absolute atomic E-state index is 12.8. The molecule has 0 aromatic heterocycles. The smallest absolute Gasteiger partial charge is 0.315 e. The molecule has 2 N–H and O–H groups in total. The Morgan fingerprint density at radius 3 is 2.64 bits per heavy atom. The summed E-state index contributed by atoms with van der Waals surface area (Å²) in [7, 11) is 0. The molecule has 8 atom stereocenters. The number of carbonyl (C=O) groups excluding carboxylic acids is 1. The molecule has 0 spiro atoms. The van der Waals surface area contributed by atoms with Gasteiger partial charge in [0.15, 0.2) is 0 Å². The highest BCUT2D eigenvalue weighted by molar-refractivity contribution is 6.21. The summed E-state index contributed by atoms with van der Waals surface area (Å²) in [4.78, 5) is 25.5. The van der Waals surface area contributed by atoms with Gasteiger partial charge in [0.05, 0.1) is 12.0 Å². The van der Waals surface area contributed by atoms with Crippen LogP contribution >= 0.6 is 11.6 Å². The summed E-state index contributed by atoms with van der Waals surface area (Å²) in [5, 5.41) is 21.0. The fraction of sp³-hybridized carbons (Fsp3) is 0.800. The molecule has 4 aliphatic rings. The number of aldehydes is 1. The summed E-state index contributed by atoms with van der Waals surface area (Å²) >= 11 is 6.57. The van der Waals surface area contributed by atoms with E-state index in [1.807, 2.05) is 13.8 Å². The number of carbonyl (C=O) groups is 2. The number of carboxylic acids is 1. The predicted octanol–water partition coefficient (Wildman–Crippen LogP) is 3.12. The molecule has 4 bridgehead atoms. The van der Waals surface area contributed by atoms with Crippen molar-refractivity contribution in [2.75, 3.05) is 6.61 Å². The number of carboxylic acid groups (broad SMARTS) is 1. The van der Waals surface area contributed by atoms with Crippen LogP contribution in [0.2, 0.25) is 0 Å². The molecule has 3 saturated carbocycles. The van der Waals surface area contributed by atoms with E-state index in [2.05, 4.69) is 13.0 Å². The first-order valence-electron chi connectivity index (χ1n) is 9.40. The lowest BCUT2D eigenvalue weighted by molar-refractivity contribution is -0.184. The largest absolute Gasteiger partial charge is 0.481 e. The van der Waals surface area contributed by atoms with Gasteiger partial charge in [-0.2, -0.15) is 0 Å². The quantitative estimate of drug-likeness (QED) is 0.455. The number of alkyl halides is 1. The highest BCUT2D eigenvalue weighted by Crippen LogP contribution is 2.82. The van der Waals surface area contributed by atoms with Crippen LogP contribution in [0.5, 0.6) is 0 Å². The third-order valence-electron chi connectivity index (χ3n) is 8.46. The van der Waals surface area contributed by atoms with Crippen LogP contribution in [0.3, 0.4) is 0 Å². The van der Waals surface area contributed by atoms with Crippen molar-refractivity contribution in [1.82, 2.24) is 0 Å². The Kier molecular flexibility index (Phi) is 3.58. The van der Waals surface area contributed by atoms with Gasteiger partial charge in [0.25, 0.3) is 0 Å². The fourth-order valence-electron chi connectivity index (χ4n) is 7.60. The van der Waals surface area contributed by atoms with E-state index >= 15 is 0 Å². The first-order valence-corrected chi connectivity index (χ1v) is 9.84. The van der Waals surface area contributed by atoms with Crippen molar-refractivity contribution in [2.45, 2.75) is 45.4 Å². The Morgan fingerprint density at radius 1 is 1.44 bits per heavy atom. The minimum Gasteiger partial charge on any atom is -0.481 e. The van der Waals surface area contributed by atoms with Gasteiger partial charge < -0.3 is 15.0 Å². The van der Waals surface area contributed by atoms with Gasteiger partial charge in [0, 0.05) is 10.8 Å². The number of aliphatic hydroxyl groups is 1. The van der Waals surface area contributed by atoms with Crippen molar-refractivity contribution in [3.63, 3.8) is 0 Å². The molecule has 138 valence electrons. The van der Waals surface area contributed by atoms with Gasteiger partial charge in [-0.3, -0.25) is 4.79 Å². The molecule has 0 saturated heterocycles. The van der Waals surface area contributed by atoms with Crippen molar-refractivity contribution in [3.05, 3.63) is 11.6 Å². The number of hydrogen-bond donors (Lipinski definition) is 2. The Bertz CT molecular complexity index is 673. The molecule has 0 amide bonds. The summed E-state index contributed by atoms with van der Waals surface area (Å²) in [5.41, 5.74) is -2.14. The van der Waals surface area contributed by atoms with Gasteiger partial charge in [-0.1, -0.05) is 32.4 Å². The molecule has 25 heavy (non-hydrogen) atoms. The number of rotatable bonds is 4. The van der Waals surface area contributed by atoms with Crippen molar-refractivity contribution < 1.29 is 19.8 Å². The zero-order valence-electron chi connectivity index (χ0n) is 15.0. The number of allylic oxidation sites excluding steroid dienone is 1. The lowest BCUT2D eigenvalue weighted by atomic mass is 9.43. The van der Waals surface area contributed by atoms with E-state index in [-0.39, 0.29) is 41.6 Å². The standard InChI is InChI=1S/C20H27ClO4/c1-10(2)14-4-12-6-19(9-23)15-5-16(21)11(3)13(15)7-18(12,8-22)20(14,19)17(24)25/h4,9-13,15-16,22H,5-8H2,1-3H3,(H,24,25)/t11-,12-,13?,15?,16+,18?,19-,20-/m0/s1. The summed E-state index contributed by atoms with van der Waals surface area (Å²) in [6.07, 6.45) is 4.91. The Balaban J connectivity index is 2.02. The monoisotopic (exact) mass is 366 g/mol. The summed E-state index contributed by atoms with van der Waals surface area (Å²) < 4.78 is 0. The molecular weight excluding hydrogens is 340 g/mol. The van der Waals surface area contributed by atoms with E-state index in [1.54, 1.807) is 0 Å². The fourth-order valence-corrected chi connectivity index (χ4v) is 7.98. The average molecular weight is 367 g/mol. The van der Waals surface area contributed by atoms with Crippen molar-refractivity contribution in [1.29, 1.82) is 0 Å². The van der Waals surface area contributed by atoms with Crippen molar-refractivity contribution >= 4 is 23.9 Å². The number of aliphatic hydroxyl groups excluding tert-OH is 1. The molecule has 3 unspecified atom stereocenters. The molecule has 0 radical (unpaired) electrons. The van der Waals surface area contributed by atoms with Crippen LogP contribution in [0.25, 0.3) is 0 Å². The van der Waals surface area contributed by atoms with Gasteiger partial charge in [-0.05, 0) is 48.9 Å². The lowest BCUT2D eigenvalue weighted by Crippen LogP contribution is -2.63. The molecule has 3 fully saturated rings. The first kappa shape index (κ1) is 17.5. The number of fused-ring (bicyclic) bond motifs is 2. The van der Waals surface area contributed by atoms with Crippen LogP contribution < -0.4 is 0 Å². The van der Waals surface area contributed by atoms with E-state index in [9.17, 15) is 19.8 Å². The molecule has 4 aliphatic carbocycles. The van der Waals surface area contributed by atoms with Crippen LogP contribution in [-0.2, 0) is 9.59 Å². The SMILES string of the molecule is CC(C)C1=C[C@H]2C[C@]3(C=O)C4C[C@@H](Cl)[C@@H](C)C4CC2(CO)[C@@]13C(=O)O. The van der Waals surface area contributed by atoms with Crippen molar-refractivity contribution in [3.8, 4) is 0 Å². The lowest BCUT2D eigenvalue weighted by Gasteiger charge is -2.58. The second-order valence-corrected chi connectivity index (χ2v) is 9.76. The second-order valence-electron chi connectivity index (χ2n) is 9.20. The van der Waals surface area contributed by atoms with Crippen LogP contribution in [0.15, 0.2) is 11.6 Å². The third kappa shape index (κ3) is 1.57. The molecule has 5 heteroatoms. The Hall–Kier alpha value is -0.870. The van der Waals surface area contributed by atoms with E-state index in [0.717, 1.165) is 11.9 Å². The highest BCUT2D eigenvalue weighted by atomic mass is 35.5. The maximum Gasteiger partial charge on any atom is 0.315 e. The minimum atomic E-state index is -1.28. The average Bonchev–Trinajstić information content (AvgIpc) is 3.09. The molecular formula is C20H27ClO4. The minimum absolute atomic E-state index is 0.00859. The van der Waals surface area contributed by atoms with Gasteiger partial charge in [-0.15, -0.1) is 11.6 Å². The Labute approximate surface area is 153 Å². The molecule has 0 aromatic rings. The molecule has 0 heterocycles.